The number of esters is 1. The molecule has 0 heterocycles. The van der Waals surface area contributed by atoms with Crippen LogP contribution in [-0.2, 0) is 11.2 Å². The van der Waals surface area contributed by atoms with Crippen LogP contribution in [0.1, 0.15) is 154 Å². The van der Waals surface area contributed by atoms with E-state index in [-0.39, 0.29) is 11.8 Å². The molecule has 1 aromatic rings. The predicted octanol–water partition coefficient (Wildman–Crippen LogP) is 11.0. The second kappa shape index (κ2) is 18.1. The number of benzene rings is 1. The number of rotatable bonds is 17. The maximum Gasteiger partial charge on any atom is 0.311 e. The van der Waals surface area contributed by atoms with Crippen molar-refractivity contribution in [3.63, 3.8) is 0 Å². The third kappa shape index (κ3) is 11.4. The van der Waals surface area contributed by atoms with Crippen molar-refractivity contribution >= 4 is 5.97 Å². The molecule has 1 unspecified atom stereocenters. The Morgan fingerprint density at radius 1 is 0.789 bits per heavy atom. The Bertz CT molecular complexity index is 782. The number of hydrogen-bond donors (Lipinski definition) is 0. The highest BCUT2D eigenvalue weighted by atomic mass is 19.1. The molecule has 0 amide bonds. The number of ether oxygens (including phenoxy) is 1. The molecule has 216 valence electrons. The first-order valence-electron chi connectivity index (χ1n) is 16.6. The molecule has 2 fully saturated rings. The summed E-state index contributed by atoms with van der Waals surface area (Å²) in [5.74, 6) is 3.29. The topological polar surface area (TPSA) is 26.3 Å². The van der Waals surface area contributed by atoms with Gasteiger partial charge in [-0.05, 0) is 73.8 Å². The van der Waals surface area contributed by atoms with Gasteiger partial charge < -0.3 is 4.74 Å². The average molecular weight is 529 g/mol. The van der Waals surface area contributed by atoms with Gasteiger partial charge in [0.15, 0.2) is 0 Å². The Balaban J connectivity index is 1.32. The van der Waals surface area contributed by atoms with E-state index >= 15 is 0 Å². The van der Waals surface area contributed by atoms with Gasteiger partial charge in [0.1, 0.15) is 11.6 Å². The number of carbonyl (C=O) groups excluding carboxylic acids is 1. The van der Waals surface area contributed by atoms with Gasteiger partial charge in [-0.1, -0.05) is 116 Å². The Kier molecular flexibility index (Phi) is 14.8. The van der Waals surface area contributed by atoms with Gasteiger partial charge in [-0.15, -0.1) is 0 Å². The second-order valence-electron chi connectivity index (χ2n) is 12.7. The standard InChI is InChI=1S/C35H57FO2/c1-3-5-7-9-11-14-28-18-21-30(22-19-28)32-17-13-15-29(26-32)20-25-35(37)38-33-24-23-31(34(36)27-33)16-12-10-8-6-4-2/h23-24,27-30,32H,3-22,25-26H2,1-2H3/t28?,29?,30?,32-/m0/s1. The van der Waals surface area contributed by atoms with E-state index in [0.29, 0.717) is 18.1 Å². The lowest BCUT2D eigenvalue weighted by Gasteiger charge is -2.38. The highest BCUT2D eigenvalue weighted by Gasteiger charge is 2.31. The van der Waals surface area contributed by atoms with E-state index in [9.17, 15) is 9.18 Å². The highest BCUT2D eigenvalue weighted by molar-refractivity contribution is 5.72. The molecule has 2 nitrogen and oxygen atoms in total. The van der Waals surface area contributed by atoms with Gasteiger partial charge in [-0.25, -0.2) is 4.39 Å². The second-order valence-corrected chi connectivity index (χ2v) is 12.7. The number of carbonyl (C=O) groups is 1. The SMILES string of the molecule is CCCCCCCc1ccc(OC(=O)CCC2CCC[C@H](C3CCC(CCCCCCC)CC3)C2)cc1F. The fourth-order valence-electron chi connectivity index (χ4n) is 7.23. The number of hydrogen-bond acceptors (Lipinski definition) is 2. The number of aryl methyl sites for hydroxylation is 1. The average Bonchev–Trinajstić information content (AvgIpc) is 2.93. The molecule has 0 saturated heterocycles. The normalized spacial score (nSPS) is 23.9. The smallest absolute Gasteiger partial charge is 0.311 e. The van der Waals surface area contributed by atoms with Crippen molar-refractivity contribution in [2.24, 2.45) is 23.7 Å². The number of halogens is 1. The monoisotopic (exact) mass is 528 g/mol. The van der Waals surface area contributed by atoms with Crippen LogP contribution < -0.4 is 4.74 Å². The van der Waals surface area contributed by atoms with Crippen LogP contribution in [0.15, 0.2) is 18.2 Å². The third-order valence-corrected chi connectivity index (χ3v) is 9.66. The maximum atomic E-state index is 14.5. The molecule has 3 rings (SSSR count). The lowest BCUT2D eigenvalue weighted by atomic mass is 9.67. The van der Waals surface area contributed by atoms with Crippen molar-refractivity contribution < 1.29 is 13.9 Å². The largest absolute Gasteiger partial charge is 0.426 e. The van der Waals surface area contributed by atoms with E-state index in [2.05, 4.69) is 13.8 Å². The zero-order valence-corrected chi connectivity index (χ0v) is 24.8. The summed E-state index contributed by atoms with van der Waals surface area (Å²) in [4.78, 5) is 12.5. The van der Waals surface area contributed by atoms with Gasteiger partial charge in [0.2, 0.25) is 0 Å². The predicted molar refractivity (Wildman–Crippen MR) is 158 cm³/mol. The molecule has 0 spiro atoms. The zero-order chi connectivity index (χ0) is 27.0. The van der Waals surface area contributed by atoms with E-state index in [4.69, 9.17) is 4.74 Å². The minimum absolute atomic E-state index is 0.210. The molecule has 0 bridgehead atoms. The van der Waals surface area contributed by atoms with Crippen LogP contribution in [0.5, 0.6) is 5.75 Å². The molecule has 0 aromatic heterocycles. The molecule has 0 aliphatic heterocycles. The molecule has 2 saturated carbocycles. The molecule has 2 aliphatic carbocycles. The molecule has 3 heteroatoms. The Morgan fingerprint density at radius 3 is 2.21 bits per heavy atom. The van der Waals surface area contributed by atoms with E-state index in [1.165, 1.54) is 115 Å². The van der Waals surface area contributed by atoms with Gasteiger partial charge in [-0.3, -0.25) is 4.79 Å². The van der Waals surface area contributed by atoms with Gasteiger partial charge in [0.25, 0.3) is 0 Å². The quantitative estimate of drug-likeness (QED) is 0.114. The molecule has 38 heavy (non-hydrogen) atoms. The van der Waals surface area contributed by atoms with E-state index < -0.39 is 0 Å². The van der Waals surface area contributed by atoms with E-state index in [1.807, 2.05) is 0 Å². The lowest BCUT2D eigenvalue weighted by Crippen LogP contribution is -2.27. The Morgan fingerprint density at radius 2 is 1.50 bits per heavy atom. The van der Waals surface area contributed by atoms with Crippen molar-refractivity contribution in [2.75, 3.05) is 0 Å². The third-order valence-electron chi connectivity index (χ3n) is 9.66. The van der Waals surface area contributed by atoms with Gasteiger partial charge in [0.05, 0.1) is 0 Å². The first-order valence-corrected chi connectivity index (χ1v) is 16.6. The summed E-state index contributed by atoms with van der Waals surface area (Å²) in [6, 6.07) is 4.96. The van der Waals surface area contributed by atoms with Crippen molar-refractivity contribution in [3.05, 3.63) is 29.6 Å². The van der Waals surface area contributed by atoms with Gasteiger partial charge in [-0.2, -0.15) is 0 Å². The van der Waals surface area contributed by atoms with Crippen LogP contribution in [0.4, 0.5) is 4.39 Å². The van der Waals surface area contributed by atoms with Crippen molar-refractivity contribution in [1.29, 1.82) is 0 Å². The Hall–Kier alpha value is -1.38. The summed E-state index contributed by atoms with van der Waals surface area (Å²) in [6.45, 7) is 4.50. The minimum atomic E-state index is -0.243. The summed E-state index contributed by atoms with van der Waals surface area (Å²) < 4.78 is 20.0. The maximum absolute atomic E-state index is 14.5. The van der Waals surface area contributed by atoms with Crippen LogP contribution in [0.2, 0.25) is 0 Å². The molecule has 0 radical (unpaired) electrons. The van der Waals surface area contributed by atoms with Crippen molar-refractivity contribution in [1.82, 2.24) is 0 Å². The first kappa shape index (κ1) is 31.2. The summed E-state index contributed by atoms with van der Waals surface area (Å²) in [5, 5.41) is 0. The van der Waals surface area contributed by atoms with E-state index in [0.717, 1.165) is 49.0 Å². The molecule has 2 aliphatic rings. The van der Waals surface area contributed by atoms with Crippen LogP contribution in [0.3, 0.4) is 0 Å². The molecule has 2 atom stereocenters. The summed E-state index contributed by atoms with van der Waals surface area (Å²) in [7, 11) is 0. The molecule has 1 aromatic carbocycles. The molecular formula is C35H57FO2. The molecule has 0 N–H and O–H groups in total. The van der Waals surface area contributed by atoms with Crippen LogP contribution in [-0.4, -0.2) is 5.97 Å². The summed E-state index contributed by atoms with van der Waals surface area (Å²) in [6.07, 6.45) is 27.4. The number of unbranched alkanes of at least 4 members (excludes halogenated alkanes) is 8. The van der Waals surface area contributed by atoms with Crippen molar-refractivity contribution in [2.45, 2.75) is 155 Å². The Labute approximate surface area is 233 Å². The minimum Gasteiger partial charge on any atom is -0.426 e. The highest BCUT2D eigenvalue weighted by Crippen LogP contribution is 2.43. The van der Waals surface area contributed by atoms with Crippen LogP contribution in [0, 0.1) is 29.5 Å². The lowest BCUT2D eigenvalue weighted by molar-refractivity contribution is -0.134. The van der Waals surface area contributed by atoms with Gasteiger partial charge in [0, 0.05) is 12.5 Å². The zero-order valence-electron chi connectivity index (χ0n) is 24.8. The summed E-state index contributed by atoms with van der Waals surface area (Å²) in [5.41, 5.74) is 0.732. The summed E-state index contributed by atoms with van der Waals surface area (Å²) >= 11 is 0. The van der Waals surface area contributed by atoms with Crippen molar-refractivity contribution in [3.8, 4) is 5.75 Å². The van der Waals surface area contributed by atoms with E-state index in [1.54, 1.807) is 12.1 Å². The fraction of sp³-hybridized carbons (Fsp3) is 0.800. The first-order chi connectivity index (χ1) is 18.6. The van der Waals surface area contributed by atoms with Crippen LogP contribution >= 0.6 is 0 Å². The fourth-order valence-corrected chi connectivity index (χ4v) is 7.23. The van der Waals surface area contributed by atoms with Gasteiger partial charge >= 0.3 is 5.97 Å². The molecular weight excluding hydrogens is 471 g/mol. The van der Waals surface area contributed by atoms with Crippen LogP contribution in [0.25, 0.3) is 0 Å².